The van der Waals surface area contributed by atoms with Crippen LogP contribution in [-0.2, 0) is 9.84 Å². The van der Waals surface area contributed by atoms with Gasteiger partial charge in [-0.3, -0.25) is 0 Å². The molecule has 0 saturated heterocycles. The topological polar surface area (TPSA) is 46.2 Å². The van der Waals surface area contributed by atoms with Crippen molar-refractivity contribution in [2.24, 2.45) is 10.8 Å². The fourth-order valence-corrected chi connectivity index (χ4v) is 3.31. The molecule has 0 radical (unpaired) electrons. The predicted octanol–water partition coefficient (Wildman–Crippen LogP) is 1.87. The minimum Gasteiger partial charge on any atom is -0.316 e. The van der Waals surface area contributed by atoms with Crippen LogP contribution in [0.15, 0.2) is 0 Å². The lowest BCUT2D eigenvalue weighted by atomic mass is 9.96. The molecule has 1 N–H and O–H groups in total. The van der Waals surface area contributed by atoms with E-state index in [0.29, 0.717) is 5.75 Å². The van der Waals surface area contributed by atoms with E-state index in [0.717, 1.165) is 25.9 Å². The summed E-state index contributed by atoms with van der Waals surface area (Å²) in [7, 11) is -2.83. The summed E-state index contributed by atoms with van der Waals surface area (Å²) >= 11 is 0. The molecule has 0 aliphatic heterocycles. The Hall–Kier alpha value is 0.200. The summed E-state index contributed by atoms with van der Waals surface area (Å²) in [6, 6.07) is 0. The molecule has 0 amide bonds. The van der Waals surface area contributed by atoms with Gasteiger partial charge in [0.1, 0.15) is 9.84 Å². The molecule has 1 rings (SSSR count). The molecule has 1 saturated carbocycles. The van der Waals surface area contributed by atoms with E-state index in [9.17, 15) is 8.42 Å². The summed E-state index contributed by atoms with van der Waals surface area (Å²) < 4.78 is 22.4. The van der Waals surface area contributed by atoms with Crippen LogP contribution in [0.1, 0.15) is 33.6 Å². The normalized spacial score (nSPS) is 19.0. The third-order valence-electron chi connectivity index (χ3n) is 2.68. The Morgan fingerprint density at radius 2 is 1.75 bits per heavy atom. The van der Waals surface area contributed by atoms with Gasteiger partial charge in [-0.1, -0.05) is 20.8 Å². The quantitative estimate of drug-likeness (QED) is 0.829. The maximum atomic E-state index is 11.2. The van der Waals surface area contributed by atoms with Crippen LogP contribution in [0.2, 0.25) is 0 Å². The van der Waals surface area contributed by atoms with Crippen molar-refractivity contribution < 1.29 is 8.42 Å². The molecule has 16 heavy (non-hydrogen) atoms. The lowest BCUT2D eigenvalue weighted by Gasteiger charge is -2.21. The zero-order chi connectivity index (χ0) is 11.7. The summed E-state index contributed by atoms with van der Waals surface area (Å²) in [4.78, 5) is 0. The van der Waals surface area contributed by atoms with Crippen molar-refractivity contribution >= 4 is 22.2 Å². The van der Waals surface area contributed by atoms with E-state index in [-0.39, 0.29) is 23.2 Å². The van der Waals surface area contributed by atoms with Crippen molar-refractivity contribution in [2.45, 2.75) is 33.6 Å². The second kappa shape index (κ2) is 5.23. The Kier molecular flexibility index (Phi) is 5.30. The lowest BCUT2D eigenvalue weighted by Crippen LogP contribution is -2.34. The van der Waals surface area contributed by atoms with Crippen LogP contribution >= 0.6 is 12.4 Å². The van der Waals surface area contributed by atoms with Gasteiger partial charge in [0.05, 0.1) is 5.75 Å². The number of sulfone groups is 1. The SMILES string of the molecule is CC(C)(C)CNCC1(CS(C)(=O)=O)CC1.Cl. The third-order valence-corrected chi connectivity index (χ3v) is 3.82. The molecule has 3 nitrogen and oxygen atoms in total. The Bertz CT molecular complexity index is 315. The van der Waals surface area contributed by atoms with Crippen molar-refractivity contribution in [1.82, 2.24) is 5.32 Å². The third kappa shape index (κ3) is 6.71. The molecule has 0 aromatic heterocycles. The number of nitrogens with one attached hydrogen (secondary N) is 1. The highest BCUT2D eigenvalue weighted by Crippen LogP contribution is 2.46. The van der Waals surface area contributed by atoms with E-state index in [1.165, 1.54) is 6.26 Å². The van der Waals surface area contributed by atoms with Gasteiger partial charge in [0.25, 0.3) is 0 Å². The second-order valence-electron chi connectivity index (χ2n) is 6.23. The fraction of sp³-hybridized carbons (Fsp3) is 1.00. The van der Waals surface area contributed by atoms with E-state index < -0.39 is 9.84 Å². The van der Waals surface area contributed by atoms with E-state index >= 15 is 0 Å². The van der Waals surface area contributed by atoms with Gasteiger partial charge in [-0.25, -0.2) is 8.42 Å². The lowest BCUT2D eigenvalue weighted by molar-refractivity contribution is 0.359. The first kappa shape index (κ1) is 16.2. The number of hydrogen-bond donors (Lipinski definition) is 1. The standard InChI is InChI=1S/C11H23NO2S.ClH/c1-10(2,3)7-12-8-11(5-6-11)9-15(4,13)14;/h12H,5-9H2,1-4H3;1H. The molecule has 0 bridgehead atoms. The van der Waals surface area contributed by atoms with Crippen molar-refractivity contribution in [3.05, 3.63) is 0 Å². The first-order valence-electron chi connectivity index (χ1n) is 5.51. The van der Waals surface area contributed by atoms with Crippen LogP contribution in [-0.4, -0.2) is 33.5 Å². The number of hydrogen-bond acceptors (Lipinski definition) is 3. The van der Waals surface area contributed by atoms with Crippen molar-refractivity contribution in [2.75, 3.05) is 25.1 Å². The second-order valence-corrected chi connectivity index (χ2v) is 8.37. The average molecular weight is 270 g/mol. The van der Waals surface area contributed by atoms with Crippen LogP contribution in [0.4, 0.5) is 0 Å². The zero-order valence-corrected chi connectivity index (χ0v) is 12.3. The first-order valence-corrected chi connectivity index (χ1v) is 7.57. The summed E-state index contributed by atoms with van der Waals surface area (Å²) in [5.74, 6) is 0.344. The van der Waals surface area contributed by atoms with Gasteiger partial charge >= 0.3 is 0 Å². The molecule has 0 unspecified atom stereocenters. The monoisotopic (exact) mass is 269 g/mol. The molecule has 1 aliphatic carbocycles. The smallest absolute Gasteiger partial charge is 0.148 e. The summed E-state index contributed by atoms with van der Waals surface area (Å²) in [5.41, 5.74) is 0.319. The molecule has 0 aromatic rings. The van der Waals surface area contributed by atoms with E-state index in [4.69, 9.17) is 0 Å². The Balaban J connectivity index is 0.00000225. The fourth-order valence-electron chi connectivity index (χ4n) is 1.81. The van der Waals surface area contributed by atoms with Gasteiger partial charge < -0.3 is 5.32 Å². The average Bonchev–Trinajstić information content (AvgIpc) is 2.61. The van der Waals surface area contributed by atoms with Gasteiger partial charge in [-0.2, -0.15) is 0 Å². The maximum absolute atomic E-state index is 11.2. The predicted molar refractivity (Wildman–Crippen MR) is 71.0 cm³/mol. The minimum absolute atomic E-state index is 0. The zero-order valence-electron chi connectivity index (χ0n) is 10.7. The number of rotatable bonds is 5. The Morgan fingerprint density at radius 1 is 1.25 bits per heavy atom. The molecule has 1 aliphatic rings. The molecule has 0 atom stereocenters. The maximum Gasteiger partial charge on any atom is 0.148 e. The Labute approximate surface area is 106 Å². The Morgan fingerprint density at radius 3 is 2.06 bits per heavy atom. The summed E-state index contributed by atoms with van der Waals surface area (Å²) in [6.45, 7) is 8.32. The highest BCUT2D eigenvalue weighted by atomic mass is 35.5. The van der Waals surface area contributed by atoms with Gasteiger partial charge in [0.15, 0.2) is 0 Å². The number of halogens is 1. The van der Waals surface area contributed by atoms with Crippen LogP contribution in [0.25, 0.3) is 0 Å². The van der Waals surface area contributed by atoms with Crippen LogP contribution in [0.5, 0.6) is 0 Å². The largest absolute Gasteiger partial charge is 0.316 e. The van der Waals surface area contributed by atoms with Gasteiger partial charge in [-0.15, -0.1) is 12.4 Å². The molecule has 1 fully saturated rings. The summed E-state index contributed by atoms with van der Waals surface area (Å²) in [5, 5.41) is 3.39. The molecule has 0 aromatic carbocycles. The van der Waals surface area contributed by atoms with Gasteiger partial charge in [0.2, 0.25) is 0 Å². The van der Waals surface area contributed by atoms with Crippen molar-refractivity contribution in [3.8, 4) is 0 Å². The molecular formula is C11H24ClNO2S. The summed E-state index contributed by atoms with van der Waals surface area (Å²) in [6.07, 6.45) is 3.44. The molecular weight excluding hydrogens is 246 g/mol. The van der Waals surface area contributed by atoms with Crippen LogP contribution in [0, 0.1) is 10.8 Å². The van der Waals surface area contributed by atoms with E-state index in [1.807, 2.05) is 0 Å². The van der Waals surface area contributed by atoms with Crippen LogP contribution in [0.3, 0.4) is 0 Å². The van der Waals surface area contributed by atoms with Crippen molar-refractivity contribution in [1.29, 1.82) is 0 Å². The first-order chi connectivity index (χ1) is 6.62. The highest BCUT2D eigenvalue weighted by molar-refractivity contribution is 7.90. The highest BCUT2D eigenvalue weighted by Gasteiger charge is 2.44. The van der Waals surface area contributed by atoms with E-state index in [1.54, 1.807) is 0 Å². The van der Waals surface area contributed by atoms with Gasteiger partial charge in [0, 0.05) is 19.3 Å². The molecule has 0 heterocycles. The van der Waals surface area contributed by atoms with E-state index in [2.05, 4.69) is 26.1 Å². The molecule has 0 spiro atoms. The van der Waals surface area contributed by atoms with Gasteiger partial charge in [-0.05, 0) is 23.7 Å². The minimum atomic E-state index is -2.83. The van der Waals surface area contributed by atoms with Crippen LogP contribution < -0.4 is 5.32 Å². The van der Waals surface area contributed by atoms with Crippen molar-refractivity contribution in [3.63, 3.8) is 0 Å². The molecule has 98 valence electrons. The molecule has 5 heteroatoms.